The van der Waals surface area contributed by atoms with Crippen LogP contribution in [-0.2, 0) is 0 Å². The lowest BCUT2D eigenvalue weighted by Gasteiger charge is -2.13. The molecule has 0 spiro atoms. The van der Waals surface area contributed by atoms with E-state index in [0.29, 0.717) is 11.4 Å². The van der Waals surface area contributed by atoms with Gasteiger partial charge in [-0.2, -0.15) is 5.26 Å². The fraction of sp³-hybridized carbons (Fsp3) is 0.267. The first-order chi connectivity index (χ1) is 9.63. The molecule has 2 N–H and O–H groups in total. The van der Waals surface area contributed by atoms with Gasteiger partial charge in [-0.25, -0.2) is 9.97 Å². The van der Waals surface area contributed by atoms with Crippen molar-refractivity contribution in [2.24, 2.45) is 0 Å². The molecule has 5 nitrogen and oxygen atoms in total. The highest BCUT2D eigenvalue weighted by Gasteiger charge is 2.09. The van der Waals surface area contributed by atoms with Gasteiger partial charge in [0.25, 0.3) is 0 Å². The van der Waals surface area contributed by atoms with Crippen LogP contribution in [0.25, 0.3) is 0 Å². The van der Waals surface area contributed by atoms with Crippen molar-refractivity contribution in [3.05, 3.63) is 41.2 Å². The zero-order chi connectivity index (χ0) is 14.5. The predicted octanol–water partition coefficient (Wildman–Crippen LogP) is 3.14. The van der Waals surface area contributed by atoms with Gasteiger partial charge in [0.15, 0.2) is 0 Å². The number of hydrogen-bond acceptors (Lipinski definition) is 5. The van der Waals surface area contributed by atoms with Crippen LogP contribution in [0.1, 0.15) is 23.9 Å². The second kappa shape index (κ2) is 6.02. The fourth-order valence-electron chi connectivity index (χ4n) is 1.89. The van der Waals surface area contributed by atoms with Crippen molar-refractivity contribution in [2.45, 2.75) is 20.8 Å². The SMILES string of the molecule is CCNc1nc(C)nc(Nc2cccc(C#N)c2)c1C. The van der Waals surface area contributed by atoms with E-state index in [2.05, 4.69) is 26.7 Å². The summed E-state index contributed by atoms with van der Waals surface area (Å²) < 4.78 is 0. The van der Waals surface area contributed by atoms with Crippen LogP contribution in [0.4, 0.5) is 17.3 Å². The summed E-state index contributed by atoms with van der Waals surface area (Å²) in [5.74, 6) is 2.29. The van der Waals surface area contributed by atoms with E-state index in [1.165, 1.54) is 0 Å². The van der Waals surface area contributed by atoms with E-state index in [1.807, 2.05) is 32.9 Å². The molecule has 1 aromatic carbocycles. The van der Waals surface area contributed by atoms with Crippen LogP contribution in [-0.4, -0.2) is 16.5 Å². The summed E-state index contributed by atoms with van der Waals surface area (Å²) in [4.78, 5) is 8.81. The van der Waals surface area contributed by atoms with E-state index in [9.17, 15) is 0 Å². The van der Waals surface area contributed by atoms with Crippen molar-refractivity contribution in [1.82, 2.24) is 9.97 Å². The minimum atomic E-state index is 0.616. The van der Waals surface area contributed by atoms with E-state index in [4.69, 9.17) is 5.26 Å². The van der Waals surface area contributed by atoms with Crippen molar-refractivity contribution < 1.29 is 0 Å². The van der Waals surface area contributed by atoms with Gasteiger partial charge in [0, 0.05) is 17.8 Å². The first-order valence-corrected chi connectivity index (χ1v) is 6.50. The fourth-order valence-corrected chi connectivity index (χ4v) is 1.89. The van der Waals surface area contributed by atoms with Gasteiger partial charge in [-0.1, -0.05) is 6.07 Å². The van der Waals surface area contributed by atoms with Crippen LogP contribution in [0.5, 0.6) is 0 Å². The molecule has 0 bridgehead atoms. The van der Waals surface area contributed by atoms with Gasteiger partial charge in [0.1, 0.15) is 17.5 Å². The lowest BCUT2D eigenvalue weighted by molar-refractivity contribution is 1.02. The van der Waals surface area contributed by atoms with Crippen molar-refractivity contribution in [3.8, 4) is 6.07 Å². The monoisotopic (exact) mass is 267 g/mol. The summed E-state index contributed by atoms with van der Waals surface area (Å²) in [5, 5.41) is 15.4. The summed E-state index contributed by atoms with van der Waals surface area (Å²) in [6.07, 6.45) is 0. The molecular formula is C15H17N5. The number of aryl methyl sites for hydroxylation is 1. The van der Waals surface area contributed by atoms with E-state index < -0.39 is 0 Å². The van der Waals surface area contributed by atoms with Crippen molar-refractivity contribution in [3.63, 3.8) is 0 Å². The number of anilines is 3. The van der Waals surface area contributed by atoms with E-state index in [1.54, 1.807) is 12.1 Å². The second-order valence-electron chi connectivity index (χ2n) is 4.44. The minimum absolute atomic E-state index is 0.616. The van der Waals surface area contributed by atoms with Crippen LogP contribution in [0.15, 0.2) is 24.3 Å². The predicted molar refractivity (Wildman–Crippen MR) is 80.1 cm³/mol. The third-order valence-corrected chi connectivity index (χ3v) is 2.86. The van der Waals surface area contributed by atoms with Gasteiger partial charge >= 0.3 is 0 Å². The van der Waals surface area contributed by atoms with Crippen LogP contribution in [0, 0.1) is 25.2 Å². The molecule has 1 aromatic heterocycles. The highest BCUT2D eigenvalue weighted by atomic mass is 15.1. The molecule has 102 valence electrons. The molecule has 5 heteroatoms. The summed E-state index contributed by atoms with van der Waals surface area (Å²) >= 11 is 0. The smallest absolute Gasteiger partial charge is 0.139 e. The van der Waals surface area contributed by atoms with Crippen LogP contribution in [0.2, 0.25) is 0 Å². The number of benzene rings is 1. The molecule has 1 heterocycles. The van der Waals surface area contributed by atoms with Gasteiger partial charge < -0.3 is 10.6 Å². The van der Waals surface area contributed by atoms with Crippen molar-refractivity contribution in [1.29, 1.82) is 5.26 Å². The molecule has 0 saturated heterocycles. The number of nitrogens with one attached hydrogen (secondary N) is 2. The van der Waals surface area contributed by atoms with Crippen molar-refractivity contribution >= 4 is 17.3 Å². The molecule has 2 aromatic rings. The molecule has 0 atom stereocenters. The quantitative estimate of drug-likeness (QED) is 0.890. The Kier molecular flexibility index (Phi) is 4.16. The van der Waals surface area contributed by atoms with Crippen LogP contribution in [0.3, 0.4) is 0 Å². The molecule has 0 aliphatic carbocycles. The number of rotatable bonds is 4. The zero-order valence-corrected chi connectivity index (χ0v) is 11.9. The molecule has 0 aliphatic rings. The molecule has 0 saturated carbocycles. The third kappa shape index (κ3) is 3.04. The Bertz CT molecular complexity index is 658. The maximum Gasteiger partial charge on any atom is 0.139 e. The Morgan fingerprint density at radius 1 is 1.20 bits per heavy atom. The standard InChI is InChI=1S/C15H17N5/c1-4-17-14-10(2)15(19-11(3)18-14)20-13-7-5-6-12(8-13)9-16/h5-8H,4H2,1-3H3,(H2,17,18,19,20). The topological polar surface area (TPSA) is 73.6 Å². The van der Waals surface area contributed by atoms with E-state index >= 15 is 0 Å². The minimum Gasteiger partial charge on any atom is -0.370 e. The van der Waals surface area contributed by atoms with Gasteiger partial charge in [-0.05, 0) is 39.0 Å². The number of hydrogen-bond donors (Lipinski definition) is 2. The molecule has 0 unspecified atom stereocenters. The maximum atomic E-state index is 8.93. The molecule has 0 fully saturated rings. The maximum absolute atomic E-state index is 8.93. The summed E-state index contributed by atoms with van der Waals surface area (Å²) in [5.41, 5.74) is 2.41. The van der Waals surface area contributed by atoms with Gasteiger partial charge in [-0.3, -0.25) is 0 Å². The number of aromatic nitrogens is 2. The zero-order valence-electron chi connectivity index (χ0n) is 11.9. The lowest BCUT2D eigenvalue weighted by atomic mass is 10.2. The van der Waals surface area contributed by atoms with Gasteiger partial charge in [-0.15, -0.1) is 0 Å². The summed E-state index contributed by atoms with van der Waals surface area (Å²) in [6.45, 7) is 6.66. The van der Waals surface area contributed by atoms with E-state index in [0.717, 1.165) is 29.4 Å². The normalized spacial score (nSPS) is 9.90. The Balaban J connectivity index is 2.35. The third-order valence-electron chi connectivity index (χ3n) is 2.86. The Labute approximate surface area is 118 Å². The Morgan fingerprint density at radius 2 is 1.95 bits per heavy atom. The highest BCUT2D eigenvalue weighted by molar-refractivity contribution is 5.65. The molecule has 0 amide bonds. The molecule has 0 radical (unpaired) electrons. The second-order valence-corrected chi connectivity index (χ2v) is 4.44. The first-order valence-electron chi connectivity index (χ1n) is 6.50. The van der Waals surface area contributed by atoms with Crippen molar-refractivity contribution in [2.75, 3.05) is 17.2 Å². The van der Waals surface area contributed by atoms with Crippen LogP contribution >= 0.6 is 0 Å². The van der Waals surface area contributed by atoms with Gasteiger partial charge in [0.2, 0.25) is 0 Å². The van der Waals surface area contributed by atoms with Gasteiger partial charge in [0.05, 0.1) is 11.6 Å². The average Bonchev–Trinajstić information content (AvgIpc) is 2.44. The molecular weight excluding hydrogens is 250 g/mol. The van der Waals surface area contributed by atoms with Crippen LogP contribution < -0.4 is 10.6 Å². The first kappa shape index (κ1) is 13.8. The Morgan fingerprint density at radius 3 is 2.65 bits per heavy atom. The Hall–Kier alpha value is -2.61. The molecule has 20 heavy (non-hydrogen) atoms. The highest BCUT2D eigenvalue weighted by Crippen LogP contribution is 2.23. The van der Waals surface area contributed by atoms with E-state index in [-0.39, 0.29) is 0 Å². The number of nitriles is 1. The lowest BCUT2D eigenvalue weighted by Crippen LogP contribution is -2.07. The summed E-state index contributed by atoms with van der Waals surface area (Å²) in [6, 6.07) is 9.44. The molecule has 0 aliphatic heterocycles. The average molecular weight is 267 g/mol. The molecule has 2 rings (SSSR count). The largest absolute Gasteiger partial charge is 0.370 e. The number of nitrogens with zero attached hydrogens (tertiary/aromatic N) is 3. The summed E-state index contributed by atoms with van der Waals surface area (Å²) in [7, 11) is 0.